The van der Waals surface area contributed by atoms with E-state index in [0.29, 0.717) is 15.5 Å². The van der Waals surface area contributed by atoms with Crippen LogP contribution in [0, 0.1) is 6.92 Å². The van der Waals surface area contributed by atoms with E-state index in [1.54, 1.807) is 16.9 Å². The number of hydrogen-bond acceptors (Lipinski definition) is 3. The molecule has 114 valence electrons. The molecule has 3 aromatic rings. The van der Waals surface area contributed by atoms with E-state index in [-0.39, 0.29) is 5.91 Å². The van der Waals surface area contributed by atoms with Crippen molar-refractivity contribution in [3.8, 4) is 0 Å². The summed E-state index contributed by atoms with van der Waals surface area (Å²) in [4.78, 5) is 17.1. The van der Waals surface area contributed by atoms with Crippen LogP contribution in [0.2, 0.25) is 5.02 Å². The van der Waals surface area contributed by atoms with Crippen LogP contribution in [0.5, 0.6) is 0 Å². The molecule has 2 heterocycles. The predicted molar refractivity (Wildman–Crippen MR) is 88.3 cm³/mol. The molecule has 0 unspecified atom stereocenters. The first-order valence-electron chi connectivity index (χ1n) is 6.88. The largest absolute Gasteiger partial charge is 0.319 e. The van der Waals surface area contributed by atoms with E-state index in [9.17, 15) is 4.79 Å². The lowest BCUT2D eigenvalue weighted by Crippen LogP contribution is -2.14. The summed E-state index contributed by atoms with van der Waals surface area (Å²) in [6.07, 6.45) is 1.78. The number of rotatable bonds is 2. The number of carbonyl (C=O) groups is 1. The number of hydrogen-bond donors (Lipinski definition) is 0. The fourth-order valence-corrected chi connectivity index (χ4v) is 3.53. The summed E-state index contributed by atoms with van der Waals surface area (Å²) in [6, 6.07) is 5.50. The average molecular weight is 335 g/mol. The van der Waals surface area contributed by atoms with E-state index in [0.717, 1.165) is 22.3 Å². The van der Waals surface area contributed by atoms with Gasteiger partial charge in [0.2, 0.25) is 0 Å². The molecular formula is C15H15ClN4OS. The Balaban J connectivity index is 2.11. The summed E-state index contributed by atoms with van der Waals surface area (Å²) in [5.41, 5.74) is 2.35. The Kier molecular flexibility index (Phi) is 3.88. The van der Waals surface area contributed by atoms with Crippen molar-refractivity contribution < 1.29 is 4.79 Å². The summed E-state index contributed by atoms with van der Waals surface area (Å²) in [5.74, 6) is -0.335. The molecule has 0 aliphatic carbocycles. The van der Waals surface area contributed by atoms with Crippen LogP contribution < -0.4 is 4.80 Å². The molecule has 0 radical (unpaired) electrons. The van der Waals surface area contributed by atoms with E-state index in [4.69, 9.17) is 11.6 Å². The van der Waals surface area contributed by atoms with Crippen molar-refractivity contribution in [2.45, 2.75) is 20.4 Å². The van der Waals surface area contributed by atoms with Crippen LogP contribution in [0.4, 0.5) is 0 Å². The number of nitrogens with zero attached hydrogens (tertiary/aromatic N) is 4. The summed E-state index contributed by atoms with van der Waals surface area (Å²) >= 11 is 7.63. The number of aromatic nitrogens is 3. The van der Waals surface area contributed by atoms with Crippen LogP contribution in [0.25, 0.3) is 10.2 Å². The number of fused-ring (bicyclic) bond motifs is 1. The Morgan fingerprint density at radius 2 is 2.18 bits per heavy atom. The van der Waals surface area contributed by atoms with Crippen molar-refractivity contribution in [1.29, 1.82) is 0 Å². The van der Waals surface area contributed by atoms with Gasteiger partial charge in [0, 0.05) is 24.8 Å². The molecule has 0 spiro atoms. The van der Waals surface area contributed by atoms with Gasteiger partial charge in [0.1, 0.15) is 0 Å². The minimum atomic E-state index is -0.335. The van der Waals surface area contributed by atoms with Crippen LogP contribution in [0.1, 0.15) is 23.0 Å². The van der Waals surface area contributed by atoms with Gasteiger partial charge in [-0.05, 0) is 37.6 Å². The summed E-state index contributed by atoms with van der Waals surface area (Å²) in [7, 11) is 1.89. The van der Waals surface area contributed by atoms with Crippen LogP contribution in [-0.2, 0) is 13.6 Å². The summed E-state index contributed by atoms with van der Waals surface area (Å²) in [6.45, 7) is 4.66. The van der Waals surface area contributed by atoms with E-state index < -0.39 is 0 Å². The number of benzene rings is 1. The third kappa shape index (κ3) is 2.48. The molecule has 0 atom stereocenters. The van der Waals surface area contributed by atoms with Gasteiger partial charge in [0.15, 0.2) is 10.5 Å². The van der Waals surface area contributed by atoms with Crippen LogP contribution >= 0.6 is 22.9 Å². The maximum absolute atomic E-state index is 12.2. The third-order valence-corrected chi connectivity index (χ3v) is 5.04. The topological polar surface area (TPSA) is 52.2 Å². The smallest absolute Gasteiger partial charge is 0.300 e. The fourth-order valence-electron chi connectivity index (χ4n) is 2.31. The van der Waals surface area contributed by atoms with Crippen molar-refractivity contribution in [2.75, 3.05) is 0 Å². The quantitative estimate of drug-likeness (QED) is 0.723. The van der Waals surface area contributed by atoms with E-state index in [1.165, 1.54) is 11.3 Å². The van der Waals surface area contributed by atoms with Crippen molar-refractivity contribution >= 4 is 39.1 Å². The maximum atomic E-state index is 12.2. The number of carbonyl (C=O) groups excluding carboxylic acids is 1. The number of thiazole rings is 1. The number of aryl methyl sites for hydroxylation is 3. The Labute approximate surface area is 136 Å². The van der Waals surface area contributed by atoms with Gasteiger partial charge in [-0.15, -0.1) is 0 Å². The normalized spacial score (nSPS) is 12.3. The van der Waals surface area contributed by atoms with Crippen molar-refractivity contribution in [1.82, 2.24) is 14.3 Å². The second-order valence-corrected chi connectivity index (χ2v) is 6.35. The molecule has 2 aromatic heterocycles. The monoisotopic (exact) mass is 334 g/mol. The summed E-state index contributed by atoms with van der Waals surface area (Å²) < 4.78 is 4.66. The molecule has 0 aliphatic heterocycles. The molecular weight excluding hydrogens is 320 g/mol. The molecule has 0 fully saturated rings. The van der Waals surface area contributed by atoms with Gasteiger partial charge in [0.25, 0.3) is 5.91 Å². The molecule has 0 saturated heterocycles. The Bertz CT molecular complexity index is 935. The minimum absolute atomic E-state index is 0.335. The zero-order valence-electron chi connectivity index (χ0n) is 12.5. The SMILES string of the molecule is CCn1ccc(C(=O)N=c2sc3ccc(Cl)c(C)c3n2C)n1. The molecule has 7 heteroatoms. The average Bonchev–Trinajstić information content (AvgIpc) is 3.09. The molecule has 22 heavy (non-hydrogen) atoms. The molecule has 5 nitrogen and oxygen atoms in total. The molecule has 1 aromatic carbocycles. The standard InChI is InChI=1S/C15H15ClN4OS/c1-4-20-8-7-11(18-20)14(21)17-15-19(3)13-9(2)10(16)5-6-12(13)22-15/h5-8H,4H2,1-3H3. The van der Waals surface area contributed by atoms with Gasteiger partial charge in [-0.1, -0.05) is 22.9 Å². The van der Waals surface area contributed by atoms with Crippen molar-refractivity contribution in [3.05, 3.63) is 45.5 Å². The van der Waals surface area contributed by atoms with E-state index in [1.807, 2.05) is 37.6 Å². The fraction of sp³-hybridized carbons (Fsp3) is 0.267. The Morgan fingerprint density at radius 1 is 1.41 bits per heavy atom. The predicted octanol–water partition coefficient (Wildman–Crippen LogP) is 3.16. The van der Waals surface area contributed by atoms with Crippen molar-refractivity contribution in [3.63, 3.8) is 0 Å². The first kappa shape index (κ1) is 15.0. The number of amides is 1. The summed E-state index contributed by atoms with van der Waals surface area (Å²) in [5, 5.41) is 4.90. The van der Waals surface area contributed by atoms with Gasteiger partial charge in [-0.3, -0.25) is 9.48 Å². The van der Waals surface area contributed by atoms with Gasteiger partial charge >= 0.3 is 0 Å². The van der Waals surface area contributed by atoms with Crippen LogP contribution in [0.15, 0.2) is 29.4 Å². The molecule has 0 saturated carbocycles. The molecule has 0 N–H and O–H groups in total. The zero-order chi connectivity index (χ0) is 15.9. The first-order chi connectivity index (χ1) is 10.5. The van der Waals surface area contributed by atoms with Gasteiger partial charge in [-0.25, -0.2) is 0 Å². The molecule has 0 bridgehead atoms. The zero-order valence-corrected chi connectivity index (χ0v) is 14.1. The van der Waals surface area contributed by atoms with Crippen LogP contribution in [0.3, 0.4) is 0 Å². The lowest BCUT2D eigenvalue weighted by molar-refractivity contribution is 0.0992. The first-order valence-corrected chi connectivity index (χ1v) is 8.08. The van der Waals surface area contributed by atoms with Gasteiger partial charge in [-0.2, -0.15) is 10.1 Å². The highest BCUT2D eigenvalue weighted by molar-refractivity contribution is 7.16. The Morgan fingerprint density at radius 3 is 2.86 bits per heavy atom. The van der Waals surface area contributed by atoms with Gasteiger partial charge < -0.3 is 4.57 Å². The third-order valence-electron chi connectivity index (χ3n) is 3.53. The lowest BCUT2D eigenvalue weighted by Gasteiger charge is -2.01. The van der Waals surface area contributed by atoms with Crippen LogP contribution in [-0.4, -0.2) is 20.3 Å². The van der Waals surface area contributed by atoms with Gasteiger partial charge in [0.05, 0.1) is 10.2 Å². The Hall–Kier alpha value is -1.92. The molecule has 3 rings (SSSR count). The second kappa shape index (κ2) is 5.70. The lowest BCUT2D eigenvalue weighted by atomic mass is 10.2. The van der Waals surface area contributed by atoms with Crippen molar-refractivity contribution in [2.24, 2.45) is 12.0 Å². The molecule has 0 aliphatic rings. The highest BCUT2D eigenvalue weighted by Gasteiger charge is 2.12. The minimum Gasteiger partial charge on any atom is -0.319 e. The molecule has 1 amide bonds. The van der Waals surface area contributed by atoms with E-state index >= 15 is 0 Å². The van der Waals surface area contributed by atoms with E-state index in [2.05, 4.69) is 10.1 Å². The highest BCUT2D eigenvalue weighted by Crippen LogP contribution is 2.26. The second-order valence-electron chi connectivity index (χ2n) is 4.94. The highest BCUT2D eigenvalue weighted by atomic mass is 35.5. The number of halogens is 1. The maximum Gasteiger partial charge on any atom is 0.300 e.